The number of amides is 1. The SMILES string of the molecule is CC(C)(C)OC(=O)N1CC(c2ccccc2)C[C@H]1C(=O)O. The summed E-state index contributed by atoms with van der Waals surface area (Å²) in [5.74, 6) is -0.959. The smallest absolute Gasteiger partial charge is 0.411 e. The lowest BCUT2D eigenvalue weighted by Crippen LogP contribution is -2.43. The van der Waals surface area contributed by atoms with Crippen LogP contribution in [0.15, 0.2) is 30.3 Å². The molecule has 2 atom stereocenters. The first-order chi connectivity index (χ1) is 9.78. The fourth-order valence-corrected chi connectivity index (χ4v) is 2.56. The maximum Gasteiger partial charge on any atom is 0.411 e. The van der Waals surface area contributed by atoms with Gasteiger partial charge in [-0.2, -0.15) is 0 Å². The van der Waals surface area contributed by atoms with Gasteiger partial charge in [-0.25, -0.2) is 9.59 Å². The molecule has 0 bridgehead atoms. The summed E-state index contributed by atoms with van der Waals surface area (Å²) in [7, 11) is 0. The minimum atomic E-state index is -0.987. The van der Waals surface area contributed by atoms with E-state index in [1.807, 2.05) is 30.3 Å². The lowest BCUT2D eigenvalue weighted by Gasteiger charge is -2.26. The zero-order valence-electron chi connectivity index (χ0n) is 12.6. The largest absolute Gasteiger partial charge is 0.480 e. The van der Waals surface area contributed by atoms with Crippen molar-refractivity contribution in [1.82, 2.24) is 4.90 Å². The third-order valence-electron chi connectivity index (χ3n) is 3.49. The highest BCUT2D eigenvalue weighted by Gasteiger charge is 2.41. The van der Waals surface area contributed by atoms with Crippen molar-refractivity contribution >= 4 is 12.1 Å². The average molecular weight is 291 g/mol. The summed E-state index contributed by atoms with van der Waals surface area (Å²) in [6, 6.07) is 8.84. The maximum atomic E-state index is 12.2. The molecule has 1 unspecified atom stereocenters. The number of carbonyl (C=O) groups is 2. The molecule has 1 saturated heterocycles. The molecule has 1 aliphatic rings. The monoisotopic (exact) mass is 291 g/mol. The van der Waals surface area contributed by atoms with Crippen molar-refractivity contribution in [3.63, 3.8) is 0 Å². The normalized spacial score (nSPS) is 22.1. The van der Waals surface area contributed by atoms with E-state index in [0.29, 0.717) is 13.0 Å². The fourth-order valence-electron chi connectivity index (χ4n) is 2.56. The van der Waals surface area contributed by atoms with Crippen molar-refractivity contribution in [2.75, 3.05) is 6.54 Å². The molecule has 1 fully saturated rings. The van der Waals surface area contributed by atoms with E-state index in [4.69, 9.17) is 4.74 Å². The minimum absolute atomic E-state index is 0.0276. The predicted molar refractivity (Wildman–Crippen MR) is 78.2 cm³/mol. The molecule has 0 aromatic heterocycles. The van der Waals surface area contributed by atoms with Gasteiger partial charge in [0.15, 0.2) is 0 Å². The molecule has 0 spiro atoms. The van der Waals surface area contributed by atoms with Gasteiger partial charge in [-0.05, 0) is 32.8 Å². The van der Waals surface area contributed by atoms with Crippen molar-refractivity contribution in [2.24, 2.45) is 0 Å². The highest BCUT2D eigenvalue weighted by Crippen LogP contribution is 2.32. The number of rotatable bonds is 2. The fraction of sp³-hybridized carbons (Fsp3) is 0.500. The third-order valence-corrected chi connectivity index (χ3v) is 3.49. The molecule has 5 heteroatoms. The Balaban J connectivity index is 2.16. The van der Waals surface area contributed by atoms with Gasteiger partial charge in [0.05, 0.1) is 0 Å². The van der Waals surface area contributed by atoms with Crippen LogP contribution in [0.4, 0.5) is 4.79 Å². The number of aliphatic carboxylic acids is 1. The molecule has 1 aromatic carbocycles. The molecule has 5 nitrogen and oxygen atoms in total. The average Bonchev–Trinajstić information content (AvgIpc) is 2.83. The number of likely N-dealkylation sites (tertiary alicyclic amines) is 1. The van der Waals surface area contributed by atoms with E-state index in [-0.39, 0.29) is 5.92 Å². The summed E-state index contributed by atoms with van der Waals surface area (Å²) < 4.78 is 5.31. The van der Waals surface area contributed by atoms with Crippen molar-refractivity contribution < 1.29 is 19.4 Å². The molecule has 1 amide bonds. The Morgan fingerprint density at radius 1 is 1.24 bits per heavy atom. The summed E-state index contributed by atoms with van der Waals surface area (Å²) in [4.78, 5) is 24.9. The third kappa shape index (κ3) is 3.74. The molecule has 0 radical (unpaired) electrons. The standard InChI is InChI=1S/C16H21NO4/c1-16(2,3)21-15(20)17-10-12(9-13(17)14(18)19)11-7-5-4-6-8-11/h4-8,12-13H,9-10H2,1-3H3,(H,18,19)/t12?,13-/m0/s1. The number of benzene rings is 1. The van der Waals surface area contributed by atoms with Crippen LogP contribution in [-0.2, 0) is 9.53 Å². The molecule has 1 N–H and O–H groups in total. The Bertz CT molecular complexity index is 521. The number of hydrogen-bond donors (Lipinski definition) is 1. The van der Waals surface area contributed by atoms with Gasteiger partial charge in [-0.15, -0.1) is 0 Å². The Morgan fingerprint density at radius 3 is 2.38 bits per heavy atom. The van der Waals surface area contributed by atoms with Crippen molar-refractivity contribution in [1.29, 1.82) is 0 Å². The van der Waals surface area contributed by atoms with Crippen molar-refractivity contribution in [3.8, 4) is 0 Å². The van der Waals surface area contributed by atoms with Crippen molar-refractivity contribution in [2.45, 2.75) is 44.8 Å². The lowest BCUT2D eigenvalue weighted by atomic mass is 9.96. The molecule has 2 rings (SSSR count). The maximum absolute atomic E-state index is 12.2. The van der Waals surface area contributed by atoms with E-state index >= 15 is 0 Å². The Kier molecular flexibility index (Phi) is 4.21. The molecule has 0 saturated carbocycles. The summed E-state index contributed by atoms with van der Waals surface area (Å²) in [5, 5.41) is 9.35. The van der Waals surface area contributed by atoms with E-state index in [1.165, 1.54) is 4.90 Å². The molecule has 0 aliphatic carbocycles. The minimum Gasteiger partial charge on any atom is -0.480 e. The number of nitrogens with zero attached hydrogens (tertiary/aromatic N) is 1. The summed E-state index contributed by atoms with van der Waals surface area (Å²) in [5.41, 5.74) is 0.417. The first-order valence-electron chi connectivity index (χ1n) is 7.05. The van der Waals surface area contributed by atoms with Gasteiger partial charge >= 0.3 is 12.1 Å². The van der Waals surface area contributed by atoms with Crippen LogP contribution in [-0.4, -0.2) is 40.3 Å². The number of carboxylic acid groups (broad SMARTS) is 1. The molecule has 114 valence electrons. The number of hydrogen-bond acceptors (Lipinski definition) is 3. The summed E-state index contributed by atoms with van der Waals surface area (Å²) >= 11 is 0. The van der Waals surface area contributed by atoms with Gasteiger partial charge in [0, 0.05) is 12.5 Å². The van der Waals surface area contributed by atoms with Gasteiger partial charge in [-0.1, -0.05) is 30.3 Å². The summed E-state index contributed by atoms with van der Waals surface area (Å²) in [6.45, 7) is 5.68. The van der Waals surface area contributed by atoms with E-state index in [0.717, 1.165) is 5.56 Å². The Labute approximate surface area is 124 Å². The molecule has 1 aromatic rings. The van der Waals surface area contributed by atoms with Gasteiger partial charge in [0.25, 0.3) is 0 Å². The molecular formula is C16H21NO4. The Morgan fingerprint density at radius 2 is 1.86 bits per heavy atom. The zero-order valence-corrected chi connectivity index (χ0v) is 12.6. The number of carbonyl (C=O) groups excluding carboxylic acids is 1. The van der Waals surface area contributed by atoms with Gasteiger partial charge in [0.1, 0.15) is 11.6 Å². The van der Waals surface area contributed by atoms with Crippen LogP contribution in [0, 0.1) is 0 Å². The molecule has 1 heterocycles. The van der Waals surface area contributed by atoms with Crippen LogP contribution in [0.1, 0.15) is 38.7 Å². The predicted octanol–water partition coefficient (Wildman–Crippen LogP) is 2.86. The van der Waals surface area contributed by atoms with E-state index in [2.05, 4.69) is 0 Å². The van der Waals surface area contributed by atoms with Gasteiger partial charge < -0.3 is 9.84 Å². The zero-order chi connectivity index (χ0) is 15.6. The number of carboxylic acids is 1. The molecular weight excluding hydrogens is 270 g/mol. The van der Waals surface area contributed by atoms with Gasteiger partial charge in [0.2, 0.25) is 0 Å². The summed E-state index contributed by atoms with van der Waals surface area (Å²) in [6.07, 6.45) is -0.146. The van der Waals surface area contributed by atoms with E-state index < -0.39 is 23.7 Å². The second kappa shape index (κ2) is 5.76. The highest BCUT2D eigenvalue weighted by molar-refractivity contribution is 5.81. The van der Waals surface area contributed by atoms with E-state index in [1.54, 1.807) is 20.8 Å². The first-order valence-corrected chi connectivity index (χ1v) is 7.05. The lowest BCUT2D eigenvalue weighted by molar-refractivity contribution is -0.142. The van der Waals surface area contributed by atoms with Gasteiger partial charge in [-0.3, -0.25) is 4.90 Å². The van der Waals surface area contributed by atoms with Crippen LogP contribution < -0.4 is 0 Å². The van der Waals surface area contributed by atoms with Crippen LogP contribution >= 0.6 is 0 Å². The highest BCUT2D eigenvalue weighted by atomic mass is 16.6. The quantitative estimate of drug-likeness (QED) is 0.909. The molecule has 1 aliphatic heterocycles. The van der Waals surface area contributed by atoms with Crippen LogP contribution in [0.5, 0.6) is 0 Å². The van der Waals surface area contributed by atoms with Crippen LogP contribution in [0.3, 0.4) is 0 Å². The molecule has 21 heavy (non-hydrogen) atoms. The first kappa shape index (κ1) is 15.4. The Hall–Kier alpha value is -2.04. The van der Waals surface area contributed by atoms with Crippen molar-refractivity contribution in [3.05, 3.63) is 35.9 Å². The van der Waals surface area contributed by atoms with E-state index in [9.17, 15) is 14.7 Å². The topological polar surface area (TPSA) is 66.8 Å². The van der Waals surface area contributed by atoms with Crippen LogP contribution in [0.25, 0.3) is 0 Å². The van der Waals surface area contributed by atoms with Crippen LogP contribution in [0.2, 0.25) is 0 Å². The number of ether oxygens (including phenoxy) is 1. The second-order valence-corrected chi connectivity index (χ2v) is 6.33. The second-order valence-electron chi connectivity index (χ2n) is 6.33.